The second kappa shape index (κ2) is 5.40. The number of hydrogen-bond acceptors (Lipinski definition) is 2. The molecule has 0 spiro atoms. The zero-order valence-corrected chi connectivity index (χ0v) is 10.6. The van der Waals surface area contributed by atoms with Crippen LogP contribution in [0.15, 0.2) is 47.3 Å². The zero-order valence-electron chi connectivity index (χ0n) is 10.6. The molecule has 0 atom stereocenters. The molecule has 0 N–H and O–H groups in total. The molecule has 2 aromatic rings. The fourth-order valence-corrected chi connectivity index (χ4v) is 1.75. The van der Waals surface area contributed by atoms with Gasteiger partial charge in [0.05, 0.1) is 17.4 Å². The average Bonchev–Trinajstić information content (AvgIpc) is 2.91. The van der Waals surface area contributed by atoms with E-state index in [2.05, 4.69) is 0 Å². The van der Waals surface area contributed by atoms with Crippen LogP contribution in [0.3, 0.4) is 0 Å². The van der Waals surface area contributed by atoms with Gasteiger partial charge in [0, 0.05) is 13.6 Å². The summed E-state index contributed by atoms with van der Waals surface area (Å²) in [5.41, 5.74) is 0.321. The number of amides is 1. The van der Waals surface area contributed by atoms with Crippen molar-refractivity contribution >= 4 is 5.91 Å². The van der Waals surface area contributed by atoms with Crippen LogP contribution in [0.25, 0.3) is 0 Å². The maximum atomic E-state index is 12.4. The molecule has 0 aliphatic carbocycles. The Labute approximate surface area is 113 Å². The van der Waals surface area contributed by atoms with Crippen molar-refractivity contribution in [2.24, 2.45) is 0 Å². The Morgan fingerprint density at radius 2 is 1.85 bits per heavy atom. The van der Waals surface area contributed by atoms with Crippen molar-refractivity contribution in [1.82, 2.24) is 4.90 Å². The smallest absolute Gasteiger partial charge is 0.416 e. The highest BCUT2D eigenvalue weighted by Gasteiger charge is 2.29. The third-order valence-electron chi connectivity index (χ3n) is 2.82. The van der Waals surface area contributed by atoms with Crippen LogP contribution in [-0.2, 0) is 12.7 Å². The van der Waals surface area contributed by atoms with E-state index in [1.807, 2.05) is 0 Å². The molecule has 0 saturated carbocycles. The van der Waals surface area contributed by atoms with Crippen LogP contribution in [0, 0.1) is 0 Å². The molecule has 0 aliphatic rings. The highest BCUT2D eigenvalue weighted by atomic mass is 19.4. The van der Waals surface area contributed by atoms with Crippen molar-refractivity contribution in [2.75, 3.05) is 7.05 Å². The predicted molar refractivity (Wildman–Crippen MR) is 65.9 cm³/mol. The zero-order chi connectivity index (χ0) is 14.8. The third-order valence-corrected chi connectivity index (χ3v) is 2.82. The highest BCUT2D eigenvalue weighted by molar-refractivity contribution is 5.93. The minimum Gasteiger partial charge on any atom is -0.472 e. The van der Waals surface area contributed by atoms with E-state index < -0.39 is 11.7 Å². The summed E-state index contributed by atoms with van der Waals surface area (Å²) in [6.45, 7) is 0.224. The van der Waals surface area contributed by atoms with Gasteiger partial charge in [0.2, 0.25) is 0 Å². The summed E-state index contributed by atoms with van der Waals surface area (Å²) in [6, 6.07) is 6.27. The van der Waals surface area contributed by atoms with Crippen LogP contribution in [0.5, 0.6) is 0 Å². The van der Waals surface area contributed by atoms with E-state index in [0.717, 1.165) is 12.1 Å². The first-order valence-electron chi connectivity index (χ1n) is 5.82. The molecule has 1 aromatic heterocycles. The van der Waals surface area contributed by atoms with E-state index in [1.165, 1.54) is 35.6 Å². The lowest BCUT2D eigenvalue weighted by Crippen LogP contribution is -2.25. The number of nitrogens with zero attached hydrogens (tertiary/aromatic N) is 1. The highest BCUT2D eigenvalue weighted by Crippen LogP contribution is 2.29. The Balaban J connectivity index is 2.05. The van der Waals surface area contributed by atoms with Gasteiger partial charge >= 0.3 is 6.18 Å². The predicted octanol–water partition coefficient (Wildman–Crippen LogP) is 3.57. The molecule has 0 bridgehead atoms. The van der Waals surface area contributed by atoms with Crippen LogP contribution in [0.2, 0.25) is 0 Å². The van der Waals surface area contributed by atoms with Crippen LogP contribution in [0.1, 0.15) is 21.5 Å². The van der Waals surface area contributed by atoms with Crippen LogP contribution >= 0.6 is 0 Å². The topological polar surface area (TPSA) is 33.5 Å². The second-order valence-corrected chi connectivity index (χ2v) is 4.37. The lowest BCUT2D eigenvalue weighted by Gasteiger charge is -2.16. The summed E-state index contributed by atoms with van der Waals surface area (Å²) in [7, 11) is 1.58. The first-order chi connectivity index (χ1) is 9.38. The monoisotopic (exact) mass is 283 g/mol. The van der Waals surface area contributed by atoms with Gasteiger partial charge in [-0.05, 0) is 23.8 Å². The van der Waals surface area contributed by atoms with Crippen LogP contribution < -0.4 is 0 Å². The van der Waals surface area contributed by atoms with Gasteiger partial charge in [-0.25, -0.2) is 0 Å². The molecule has 20 heavy (non-hydrogen) atoms. The van der Waals surface area contributed by atoms with Crippen LogP contribution in [0.4, 0.5) is 13.2 Å². The molecular formula is C14H12F3NO2. The van der Waals surface area contributed by atoms with Gasteiger partial charge in [-0.1, -0.05) is 12.1 Å². The Bertz CT molecular complexity index is 573. The number of furan rings is 1. The number of alkyl halides is 3. The Kier molecular flexibility index (Phi) is 3.83. The molecule has 6 heteroatoms. The molecule has 3 nitrogen and oxygen atoms in total. The standard InChI is InChI=1S/C14H12F3NO2/c1-18(13(19)11-6-7-20-9-11)8-10-2-4-12(5-3-10)14(15,16)17/h2-7,9H,8H2,1H3. The van der Waals surface area contributed by atoms with Crippen molar-refractivity contribution in [3.05, 3.63) is 59.5 Å². The van der Waals surface area contributed by atoms with Crippen molar-refractivity contribution in [3.63, 3.8) is 0 Å². The van der Waals surface area contributed by atoms with Gasteiger partial charge in [0.25, 0.3) is 5.91 Å². The molecule has 0 aliphatic heterocycles. The number of carbonyl (C=O) groups excluding carboxylic acids is 1. The molecule has 2 rings (SSSR count). The molecule has 106 valence electrons. The summed E-state index contributed by atoms with van der Waals surface area (Å²) < 4.78 is 42.1. The van der Waals surface area contributed by atoms with E-state index in [-0.39, 0.29) is 12.5 Å². The van der Waals surface area contributed by atoms with Crippen LogP contribution in [-0.4, -0.2) is 17.9 Å². The quantitative estimate of drug-likeness (QED) is 0.862. The average molecular weight is 283 g/mol. The summed E-state index contributed by atoms with van der Waals surface area (Å²) >= 11 is 0. The summed E-state index contributed by atoms with van der Waals surface area (Å²) in [4.78, 5) is 13.3. The van der Waals surface area contributed by atoms with Crippen molar-refractivity contribution in [1.29, 1.82) is 0 Å². The Hall–Kier alpha value is -2.24. The lowest BCUT2D eigenvalue weighted by atomic mass is 10.1. The fourth-order valence-electron chi connectivity index (χ4n) is 1.75. The van der Waals surface area contributed by atoms with E-state index in [0.29, 0.717) is 11.1 Å². The van der Waals surface area contributed by atoms with Gasteiger partial charge in [-0.15, -0.1) is 0 Å². The van der Waals surface area contributed by atoms with E-state index in [9.17, 15) is 18.0 Å². The molecule has 0 radical (unpaired) electrons. The maximum absolute atomic E-state index is 12.4. The van der Waals surface area contributed by atoms with Gasteiger partial charge < -0.3 is 9.32 Å². The molecule has 0 saturated heterocycles. The fraction of sp³-hybridized carbons (Fsp3) is 0.214. The van der Waals surface area contributed by atoms with Gasteiger partial charge in [0.15, 0.2) is 0 Å². The van der Waals surface area contributed by atoms with E-state index in [4.69, 9.17) is 4.42 Å². The number of halogens is 3. The summed E-state index contributed by atoms with van der Waals surface area (Å²) in [6.07, 6.45) is -1.64. The maximum Gasteiger partial charge on any atom is 0.416 e. The number of hydrogen-bond donors (Lipinski definition) is 0. The normalized spacial score (nSPS) is 11.4. The first kappa shape index (κ1) is 14.2. The van der Waals surface area contributed by atoms with Gasteiger partial charge in [-0.2, -0.15) is 13.2 Å². The summed E-state index contributed by atoms with van der Waals surface area (Å²) in [5.74, 6) is -0.251. The van der Waals surface area contributed by atoms with Crippen molar-refractivity contribution in [3.8, 4) is 0 Å². The van der Waals surface area contributed by atoms with Crippen molar-refractivity contribution in [2.45, 2.75) is 12.7 Å². The lowest BCUT2D eigenvalue weighted by molar-refractivity contribution is -0.137. The largest absolute Gasteiger partial charge is 0.472 e. The number of carbonyl (C=O) groups is 1. The minimum atomic E-state index is -4.35. The SMILES string of the molecule is CN(Cc1ccc(C(F)(F)F)cc1)C(=O)c1ccoc1. The van der Waals surface area contributed by atoms with E-state index >= 15 is 0 Å². The minimum absolute atomic E-state index is 0.224. The van der Waals surface area contributed by atoms with Crippen molar-refractivity contribution < 1.29 is 22.4 Å². The first-order valence-corrected chi connectivity index (χ1v) is 5.82. The summed E-state index contributed by atoms with van der Waals surface area (Å²) in [5, 5.41) is 0. The Morgan fingerprint density at radius 3 is 2.35 bits per heavy atom. The second-order valence-electron chi connectivity index (χ2n) is 4.37. The third kappa shape index (κ3) is 3.20. The van der Waals surface area contributed by atoms with Gasteiger partial charge in [-0.3, -0.25) is 4.79 Å². The molecule has 1 heterocycles. The van der Waals surface area contributed by atoms with Gasteiger partial charge in [0.1, 0.15) is 6.26 Å². The number of rotatable bonds is 3. The molecule has 0 unspecified atom stereocenters. The molecule has 1 aromatic carbocycles. The molecular weight excluding hydrogens is 271 g/mol. The Morgan fingerprint density at radius 1 is 1.20 bits per heavy atom. The number of benzene rings is 1. The molecule has 1 amide bonds. The molecule has 0 fully saturated rings. The van der Waals surface area contributed by atoms with E-state index in [1.54, 1.807) is 7.05 Å².